The standard InChI is InChI=1S/C17H21N3O2S/c1-2-6-18-13(3-1)12-22-15-5-4-14-17(15)21-9-8-20(14)11-16-19-7-10-23-16/h1-3,6-7,10,14-15,17H,4-5,8-9,11-12H2/t14-,15-,17+/m1/s1. The predicted molar refractivity (Wildman–Crippen MR) is 88.1 cm³/mol. The number of rotatable bonds is 5. The number of hydrogen-bond acceptors (Lipinski definition) is 6. The average Bonchev–Trinajstić information content (AvgIpc) is 3.24. The molecule has 0 aromatic carbocycles. The lowest BCUT2D eigenvalue weighted by Crippen LogP contribution is -2.51. The van der Waals surface area contributed by atoms with Crippen LogP contribution in [0, 0.1) is 0 Å². The van der Waals surface area contributed by atoms with Crippen molar-refractivity contribution in [1.29, 1.82) is 0 Å². The number of morpholine rings is 1. The highest BCUT2D eigenvalue weighted by atomic mass is 32.1. The van der Waals surface area contributed by atoms with Crippen molar-refractivity contribution < 1.29 is 9.47 Å². The van der Waals surface area contributed by atoms with E-state index < -0.39 is 0 Å². The molecule has 2 fully saturated rings. The zero-order chi connectivity index (χ0) is 15.5. The quantitative estimate of drug-likeness (QED) is 0.842. The zero-order valence-electron chi connectivity index (χ0n) is 13.0. The predicted octanol–water partition coefficient (Wildman–Crippen LogP) is 2.49. The molecule has 0 N–H and O–H groups in total. The summed E-state index contributed by atoms with van der Waals surface area (Å²) < 4.78 is 12.2. The van der Waals surface area contributed by atoms with Crippen LogP contribution in [0.2, 0.25) is 0 Å². The van der Waals surface area contributed by atoms with Gasteiger partial charge in [-0.25, -0.2) is 4.98 Å². The van der Waals surface area contributed by atoms with Crippen LogP contribution in [0.15, 0.2) is 36.0 Å². The molecular weight excluding hydrogens is 310 g/mol. The summed E-state index contributed by atoms with van der Waals surface area (Å²) in [6, 6.07) is 6.37. The maximum atomic E-state index is 6.11. The second-order valence-electron chi connectivity index (χ2n) is 6.05. The number of thiazole rings is 1. The molecular formula is C17H21N3O2S. The van der Waals surface area contributed by atoms with Crippen molar-refractivity contribution in [3.8, 4) is 0 Å². The first kappa shape index (κ1) is 15.2. The van der Waals surface area contributed by atoms with Gasteiger partial charge in [0.25, 0.3) is 0 Å². The highest BCUT2D eigenvalue weighted by Gasteiger charge is 2.43. The van der Waals surface area contributed by atoms with E-state index in [4.69, 9.17) is 9.47 Å². The van der Waals surface area contributed by atoms with Gasteiger partial charge in [0.2, 0.25) is 0 Å². The van der Waals surface area contributed by atoms with Crippen LogP contribution in [-0.4, -0.2) is 46.3 Å². The minimum Gasteiger partial charge on any atom is -0.373 e. The van der Waals surface area contributed by atoms with E-state index in [1.54, 1.807) is 11.3 Å². The number of aromatic nitrogens is 2. The minimum atomic E-state index is 0.168. The highest BCUT2D eigenvalue weighted by molar-refractivity contribution is 7.09. The van der Waals surface area contributed by atoms with Crippen LogP contribution in [0.1, 0.15) is 23.5 Å². The van der Waals surface area contributed by atoms with Gasteiger partial charge in [-0.3, -0.25) is 9.88 Å². The molecule has 1 saturated carbocycles. The Balaban J connectivity index is 1.37. The van der Waals surface area contributed by atoms with Gasteiger partial charge in [-0.2, -0.15) is 0 Å². The summed E-state index contributed by atoms with van der Waals surface area (Å²) >= 11 is 1.73. The Morgan fingerprint density at radius 1 is 1.26 bits per heavy atom. The van der Waals surface area contributed by atoms with Gasteiger partial charge >= 0.3 is 0 Å². The van der Waals surface area contributed by atoms with Crippen molar-refractivity contribution in [2.75, 3.05) is 13.2 Å². The molecule has 3 atom stereocenters. The fourth-order valence-corrected chi connectivity index (χ4v) is 4.19. The molecule has 3 heterocycles. The third kappa shape index (κ3) is 3.45. The topological polar surface area (TPSA) is 47.5 Å². The third-order valence-corrected chi connectivity index (χ3v) is 5.41. The molecule has 122 valence electrons. The van der Waals surface area contributed by atoms with Gasteiger partial charge in [0.05, 0.1) is 37.7 Å². The third-order valence-electron chi connectivity index (χ3n) is 4.64. The van der Waals surface area contributed by atoms with E-state index >= 15 is 0 Å². The van der Waals surface area contributed by atoms with Crippen LogP contribution in [0.5, 0.6) is 0 Å². The van der Waals surface area contributed by atoms with Crippen LogP contribution in [0.25, 0.3) is 0 Å². The van der Waals surface area contributed by atoms with Gasteiger partial charge < -0.3 is 9.47 Å². The summed E-state index contributed by atoms with van der Waals surface area (Å²) in [4.78, 5) is 11.3. The van der Waals surface area contributed by atoms with Gasteiger partial charge in [-0.15, -0.1) is 11.3 Å². The van der Waals surface area contributed by atoms with Crippen LogP contribution >= 0.6 is 11.3 Å². The fraction of sp³-hybridized carbons (Fsp3) is 0.529. The van der Waals surface area contributed by atoms with E-state index in [0.29, 0.717) is 12.6 Å². The molecule has 5 nitrogen and oxygen atoms in total. The molecule has 2 aromatic rings. The maximum absolute atomic E-state index is 6.11. The number of pyridine rings is 1. The highest BCUT2D eigenvalue weighted by Crippen LogP contribution is 2.33. The van der Waals surface area contributed by atoms with Gasteiger partial charge in [0.1, 0.15) is 5.01 Å². The summed E-state index contributed by atoms with van der Waals surface area (Å²) in [7, 11) is 0. The first-order valence-electron chi connectivity index (χ1n) is 8.16. The molecule has 0 bridgehead atoms. The molecule has 2 aromatic heterocycles. The number of hydrogen-bond donors (Lipinski definition) is 0. The van der Waals surface area contributed by atoms with E-state index in [9.17, 15) is 0 Å². The second-order valence-corrected chi connectivity index (χ2v) is 7.03. The van der Waals surface area contributed by atoms with Gasteiger partial charge in [-0.05, 0) is 25.0 Å². The van der Waals surface area contributed by atoms with Crippen LogP contribution in [0.4, 0.5) is 0 Å². The number of nitrogens with zero attached hydrogens (tertiary/aromatic N) is 3. The molecule has 1 aliphatic carbocycles. The molecule has 0 unspecified atom stereocenters. The summed E-state index contributed by atoms with van der Waals surface area (Å²) in [6.07, 6.45) is 6.21. The molecule has 4 rings (SSSR count). The number of fused-ring (bicyclic) bond motifs is 1. The van der Waals surface area contributed by atoms with Gasteiger partial charge in [-0.1, -0.05) is 6.07 Å². The summed E-state index contributed by atoms with van der Waals surface area (Å²) in [5.41, 5.74) is 0.978. The summed E-state index contributed by atoms with van der Waals surface area (Å²) in [5.74, 6) is 0. The van der Waals surface area contributed by atoms with E-state index in [1.807, 2.05) is 36.0 Å². The zero-order valence-corrected chi connectivity index (χ0v) is 13.8. The smallest absolute Gasteiger partial charge is 0.107 e. The Morgan fingerprint density at radius 3 is 3.09 bits per heavy atom. The molecule has 0 amide bonds. The first-order chi connectivity index (χ1) is 11.4. The summed E-state index contributed by atoms with van der Waals surface area (Å²) in [6.45, 7) is 3.24. The molecule has 0 spiro atoms. The lowest BCUT2D eigenvalue weighted by atomic mass is 10.1. The Kier molecular flexibility index (Phi) is 4.66. The SMILES string of the molecule is c1ccc(CO[C@@H]2CC[C@@H]3[C@@H]2OCCN3Cc2nccs2)nc1. The lowest BCUT2D eigenvalue weighted by molar-refractivity contribution is -0.119. The lowest BCUT2D eigenvalue weighted by Gasteiger charge is -2.38. The van der Waals surface area contributed by atoms with Crippen molar-refractivity contribution >= 4 is 11.3 Å². The normalized spacial score (nSPS) is 27.9. The van der Waals surface area contributed by atoms with Crippen molar-refractivity contribution in [3.63, 3.8) is 0 Å². The number of ether oxygens (including phenoxy) is 2. The first-order valence-corrected chi connectivity index (χ1v) is 9.03. The molecule has 0 radical (unpaired) electrons. The second kappa shape index (κ2) is 7.05. The Hall–Kier alpha value is -1.34. The van der Waals surface area contributed by atoms with Crippen molar-refractivity contribution in [3.05, 3.63) is 46.7 Å². The Labute approximate surface area is 140 Å². The molecule has 2 aliphatic rings. The van der Waals surface area contributed by atoms with E-state index in [1.165, 1.54) is 5.01 Å². The van der Waals surface area contributed by atoms with Gasteiger partial charge in [0, 0.05) is 30.4 Å². The maximum Gasteiger partial charge on any atom is 0.107 e. The van der Waals surface area contributed by atoms with Crippen LogP contribution in [0.3, 0.4) is 0 Å². The van der Waals surface area contributed by atoms with Crippen molar-refractivity contribution in [2.24, 2.45) is 0 Å². The van der Waals surface area contributed by atoms with E-state index in [2.05, 4.69) is 14.9 Å². The van der Waals surface area contributed by atoms with Crippen molar-refractivity contribution in [1.82, 2.24) is 14.9 Å². The van der Waals surface area contributed by atoms with E-state index in [-0.39, 0.29) is 12.2 Å². The van der Waals surface area contributed by atoms with Crippen molar-refractivity contribution in [2.45, 2.75) is 44.2 Å². The van der Waals surface area contributed by atoms with Gasteiger partial charge in [0.15, 0.2) is 0 Å². The molecule has 23 heavy (non-hydrogen) atoms. The fourth-order valence-electron chi connectivity index (χ4n) is 3.55. The molecule has 1 saturated heterocycles. The van der Waals surface area contributed by atoms with Crippen LogP contribution in [-0.2, 0) is 22.6 Å². The monoisotopic (exact) mass is 331 g/mol. The largest absolute Gasteiger partial charge is 0.373 e. The average molecular weight is 331 g/mol. The van der Waals surface area contributed by atoms with Crippen LogP contribution < -0.4 is 0 Å². The summed E-state index contributed by atoms with van der Waals surface area (Å²) in [5, 5.41) is 3.23. The molecule has 1 aliphatic heterocycles. The Morgan fingerprint density at radius 2 is 2.26 bits per heavy atom. The van der Waals surface area contributed by atoms with E-state index in [0.717, 1.165) is 38.2 Å². The minimum absolute atomic E-state index is 0.168. The Bertz CT molecular complexity index is 608. The molecule has 6 heteroatoms.